The lowest BCUT2D eigenvalue weighted by Crippen LogP contribution is -2.35. The number of rotatable bonds is 4. The average Bonchev–Trinajstić information content (AvgIpc) is 2.35. The summed E-state index contributed by atoms with van der Waals surface area (Å²) in [6.45, 7) is 8.87. The highest BCUT2D eigenvalue weighted by molar-refractivity contribution is 5.29. The molecule has 0 aliphatic carbocycles. The molecule has 2 rings (SSSR count). The van der Waals surface area contributed by atoms with Crippen LogP contribution in [-0.2, 0) is 6.54 Å². The van der Waals surface area contributed by atoms with Crippen LogP contribution in [0.4, 0.5) is 0 Å². The van der Waals surface area contributed by atoms with Crippen molar-refractivity contribution >= 4 is 0 Å². The molecule has 1 aromatic rings. The van der Waals surface area contributed by atoms with Crippen molar-refractivity contribution in [3.05, 3.63) is 34.9 Å². The van der Waals surface area contributed by atoms with E-state index in [4.69, 9.17) is 0 Å². The monoisotopic (exact) mass is 232 g/mol. The van der Waals surface area contributed by atoms with Crippen molar-refractivity contribution in [1.29, 1.82) is 0 Å². The number of benzene rings is 1. The number of aryl methyl sites for hydroxylation is 2. The Hall–Kier alpha value is -0.860. The van der Waals surface area contributed by atoms with Gasteiger partial charge in [0.25, 0.3) is 0 Å². The minimum Gasteiger partial charge on any atom is -0.316 e. The lowest BCUT2D eigenvalue weighted by atomic mass is 9.99. The lowest BCUT2D eigenvalue weighted by Gasteiger charge is -2.23. The fraction of sp³-hybridized carbons (Fsp3) is 0.600. The molecule has 1 aromatic carbocycles. The number of nitrogens with one attached hydrogen (secondary N) is 2. The molecule has 0 amide bonds. The van der Waals surface area contributed by atoms with E-state index < -0.39 is 0 Å². The second kappa shape index (κ2) is 6.18. The van der Waals surface area contributed by atoms with Crippen LogP contribution in [0.3, 0.4) is 0 Å². The van der Waals surface area contributed by atoms with Crippen molar-refractivity contribution in [2.24, 2.45) is 5.92 Å². The molecule has 94 valence electrons. The van der Waals surface area contributed by atoms with Crippen LogP contribution in [0.2, 0.25) is 0 Å². The van der Waals surface area contributed by atoms with Gasteiger partial charge in [0, 0.05) is 6.54 Å². The molecule has 1 saturated heterocycles. The first-order valence-electron chi connectivity index (χ1n) is 6.73. The highest BCUT2D eigenvalue weighted by atomic mass is 14.9. The molecule has 17 heavy (non-hydrogen) atoms. The maximum absolute atomic E-state index is 3.58. The molecule has 2 nitrogen and oxygen atoms in total. The molecule has 0 aromatic heterocycles. The highest BCUT2D eigenvalue weighted by Gasteiger charge is 2.11. The first-order valence-corrected chi connectivity index (χ1v) is 6.73. The largest absolute Gasteiger partial charge is 0.316 e. The maximum Gasteiger partial charge on any atom is 0.0205 e. The fourth-order valence-electron chi connectivity index (χ4n) is 2.43. The zero-order valence-electron chi connectivity index (χ0n) is 11.1. The Morgan fingerprint density at radius 3 is 2.88 bits per heavy atom. The van der Waals surface area contributed by atoms with E-state index in [0.29, 0.717) is 0 Å². The summed E-state index contributed by atoms with van der Waals surface area (Å²) < 4.78 is 0. The molecule has 0 spiro atoms. The van der Waals surface area contributed by atoms with Crippen molar-refractivity contribution in [2.45, 2.75) is 33.2 Å². The third-order valence-electron chi connectivity index (χ3n) is 3.73. The summed E-state index contributed by atoms with van der Waals surface area (Å²) in [6, 6.07) is 6.74. The molecular formula is C15H24N2. The first kappa shape index (κ1) is 12.6. The Morgan fingerprint density at radius 1 is 1.29 bits per heavy atom. The smallest absolute Gasteiger partial charge is 0.0205 e. The highest BCUT2D eigenvalue weighted by Crippen LogP contribution is 2.11. The summed E-state index contributed by atoms with van der Waals surface area (Å²) in [6.07, 6.45) is 2.70. The van der Waals surface area contributed by atoms with Gasteiger partial charge in [-0.1, -0.05) is 18.2 Å². The van der Waals surface area contributed by atoms with Crippen molar-refractivity contribution < 1.29 is 0 Å². The third kappa shape index (κ3) is 3.83. The van der Waals surface area contributed by atoms with Crippen molar-refractivity contribution in [3.8, 4) is 0 Å². The van der Waals surface area contributed by atoms with Crippen LogP contribution in [0.25, 0.3) is 0 Å². The second-order valence-corrected chi connectivity index (χ2v) is 5.26. The zero-order valence-corrected chi connectivity index (χ0v) is 11.1. The van der Waals surface area contributed by atoms with Crippen molar-refractivity contribution in [1.82, 2.24) is 10.6 Å². The van der Waals surface area contributed by atoms with Crippen LogP contribution in [0.5, 0.6) is 0 Å². The summed E-state index contributed by atoms with van der Waals surface area (Å²) in [7, 11) is 0. The van der Waals surface area contributed by atoms with E-state index in [-0.39, 0.29) is 0 Å². The van der Waals surface area contributed by atoms with Gasteiger partial charge in [-0.25, -0.2) is 0 Å². The Kier molecular flexibility index (Phi) is 4.57. The minimum atomic E-state index is 0.815. The van der Waals surface area contributed by atoms with Gasteiger partial charge in [0.05, 0.1) is 0 Å². The van der Waals surface area contributed by atoms with E-state index in [0.717, 1.165) is 19.0 Å². The van der Waals surface area contributed by atoms with Crippen molar-refractivity contribution in [3.63, 3.8) is 0 Å². The van der Waals surface area contributed by atoms with Gasteiger partial charge in [0.2, 0.25) is 0 Å². The molecule has 1 aliphatic heterocycles. The molecule has 1 fully saturated rings. The van der Waals surface area contributed by atoms with Gasteiger partial charge in [0.1, 0.15) is 0 Å². The SMILES string of the molecule is Cc1ccc(CNCC2CCCNC2)cc1C. The summed E-state index contributed by atoms with van der Waals surface area (Å²) in [5.41, 5.74) is 4.17. The summed E-state index contributed by atoms with van der Waals surface area (Å²) in [5, 5.41) is 7.04. The Morgan fingerprint density at radius 2 is 2.18 bits per heavy atom. The summed E-state index contributed by atoms with van der Waals surface area (Å²) in [4.78, 5) is 0. The quantitative estimate of drug-likeness (QED) is 0.833. The van der Waals surface area contributed by atoms with E-state index in [1.807, 2.05) is 0 Å². The van der Waals surface area contributed by atoms with E-state index in [9.17, 15) is 0 Å². The van der Waals surface area contributed by atoms with Crippen LogP contribution in [0.1, 0.15) is 29.5 Å². The predicted octanol–water partition coefficient (Wildman–Crippen LogP) is 2.39. The molecule has 1 atom stereocenters. The van der Waals surface area contributed by atoms with Gasteiger partial charge >= 0.3 is 0 Å². The van der Waals surface area contributed by atoms with Crippen LogP contribution in [-0.4, -0.2) is 19.6 Å². The number of hydrogen-bond acceptors (Lipinski definition) is 2. The van der Waals surface area contributed by atoms with Gasteiger partial charge in [-0.05, 0) is 68.9 Å². The van der Waals surface area contributed by atoms with E-state index >= 15 is 0 Å². The van der Waals surface area contributed by atoms with Gasteiger partial charge < -0.3 is 10.6 Å². The summed E-state index contributed by atoms with van der Waals surface area (Å²) >= 11 is 0. The average molecular weight is 232 g/mol. The fourth-order valence-corrected chi connectivity index (χ4v) is 2.43. The van der Waals surface area contributed by atoms with Crippen LogP contribution < -0.4 is 10.6 Å². The third-order valence-corrected chi connectivity index (χ3v) is 3.73. The Bertz CT molecular complexity index is 354. The maximum atomic E-state index is 3.58. The number of hydrogen-bond donors (Lipinski definition) is 2. The summed E-state index contributed by atoms with van der Waals surface area (Å²) in [5.74, 6) is 0.815. The van der Waals surface area contributed by atoms with Crippen molar-refractivity contribution in [2.75, 3.05) is 19.6 Å². The zero-order chi connectivity index (χ0) is 12.1. The lowest BCUT2D eigenvalue weighted by molar-refractivity contribution is 0.360. The standard InChI is InChI=1S/C15H24N2/c1-12-5-6-14(8-13(12)2)9-17-11-15-4-3-7-16-10-15/h5-6,8,15-17H,3-4,7,9-11H2,1-2H3. The van der Waals surface area contributed by atoms with E-state index in [1.54, 1.807) is 0 Å². The second-order valence-electron chi connectivity index (χ2n) is 5.26. The molecule has 1 aliphatic rings. The molecule has 1 unspecified atom stereocenters. The Balaban J connectivity index is 1.75. The molecular weight excluding hydrogens is 208 g/mol. The van der Waals surface area contributed by atoms with Crippen LogP contribution in [0, 0.1) is 19.8 Å². The van der Waals surface area contributed by atoms with E-state index in [2.05, 4.69) is 42.7 Å². The van der Waals surface area contributed by atoms with Gasteiger partial charge in [-0.3, -0.25) is 0 Å². The topological polar surface area (TPSA) is 24.1 Å². The van der Waals surface area contributed by atoms with Gasteiger partial charge in [0.15, 0.2) is 0 Å². The molecule has 1 heterocycles. The molecule has 0 radical (unpaired) electrons. The molecule has 0 saturated carbocycles. The molecule has 2 heteroatoms. The van der Waals surface area contributed by atoms with Crippen LogP contribution >= 0.6 is 0 Å². The van der Waals surface area contributed by atoms with E-state index in [1.165, 1.54) is 42.6 Å². The molecule has 0 bridgehead atoms. The normalized spacial score (nSPS) is 20.5. The molecule has 2 N–H and O–H groups in total. The Labute approximate surface area is 105 Å². The van der Waals surface area contributed by atoms with Gasteiger partial charge in [-0.15, -0.1) is 0 Å². The van der Waals surface area contributed by atoms with Crippen LogP contribution in [0.15, 0.2) is 18.2 Å². The minimum absolute atomic E-state index is 0.815. The number of piperidine rings is 1. The first-order chi connectivity index (χ1) is 8.25. The predicted molar refractivity (Wildman–Crippen MR) is 73.2 cm³/mol. The van der Waals surface area contributed by atoms with Gasteiger partial charge in [-0.2, -0.15) is 0 Å².